The number of ketones is 1. The lowest BCUT2D eigenvalue weighted by atomic mass is 9.98. The summed E-state index contributed by atoms with van der Waals surface area (Å²) in [5, 5.41) is 3.34. The Morgan fingerprint density at radius 1 is 0.875 bits per heavy atom. The summed E-state index contributed by atoms with van der Waals surface area (Å²) in [6.45, 7) is 1.49. The van der Waals surface area contributed by atoms with Crippen LogP contribution in [0.5, 0.6) is 0 Å². The van der Waals surface area contributed by atoms with Gasteiger partial charge in [0.05, 0.1) is 5.56 Å². The SMILES string of the molecule is C[C@@H](CCc1ccccc1)NC(=O)COC(=O)c1ccccc1C(=O)c1ccc(Cl)cc1. The maximum Gasteiger partial charge on any atom is 0.339 e. The van der Waals surface area contributed by atoms with Gasteiger partial charge in [0.25, 0.3) is 5.91 Å². The van der Waals surface area contributed by atoms with Gasteiger partial charge in [0.15, 0.2) is 12.4 Å². The van der Waals surface area contributed by atoms with Gasteiger partial charge in [-0.25, -0.2) is 4.79 Å². The normalized spacial score (nSPS) is 11.4. The number of aryl methyl sites for hydroxylation is 1. The van der Waals surface area contributed by atoms with E-state index in [1.165, 1.54) is 11.6 Å². The molecule has 0 aliphatic rings. The second-order valence-electron chi connectivity index (χ2n) is 7.45. The Morgan fingerprint density at radius 2 is 1.50 bits per heavy atom. The van der Waals surface area contributed by atoms with Gasteiger partial charge in [-0.05, 0) is 55.7 Å². The summed E-state index contributed by atoms with van der Waals surface area (Å²) in [5.74, 6) is -1.44. The van der Waals surface area contributed by atoms with Gasteiger partial charge in [-0.15, -0.1) is 0 Å². The standard InChI is InChI=1S/C26H24ClNO4/c1-18(11-12-19-7-3-2-4-8-19)28-24(29)17-32-26(31)23-10-6-5-9-22(23)25(30)20-13-15-21(27)16-14-20/h2-10,13-16,18H,11-12,17H2,1H3,(H,28,29)/t18-/m0/s1. The number of hydrogen-bond acceptors (Lipinski definition) is 4. The minimum absolute atomic E-state index is 0.0693. The van der Waals surface area contributed by atoms with E-state index in [0.717, 1.165) is 12.8 Å². The Labute approximate surface area is 192 Å². The van der Waals surface area contributed by atoms with Crippen LogP contribution >= 0.6 is 11.6 Å². The molecule has 0 fully saturated rings. The zero-order valence-corrected chi connectivity index (χ0v) is 18.5. The smallest absolute Gasteiger partial charge is 0.339 e. The third-order valence-corrected chi connectivity index (χ3v) is 5.20. The monoisotopic (exact) mass is 449 g/mol. The Morgan fingerprint density at radius 3 is 2.19 bits per heavy atom. The number of benzene rings is 3. The van der Waals surface area contributed by atoms with Crippen molar-refractivity contribution in [3.63, 3.8) is 0 Å². The number of esters is 1. The predicted molar refractivity (Wildman–Crippen MR) is 124 cm³/mol. The molecule has 1 atom stereocenters. The third-order valence-electron chi connectivity index (χ3n) is 4.95. The lowest BCUT2D eigenvalue weighted by Crippen LogP contribution is -2.36. The zero-order chi connectivity index (χ0) is 22.9. The Balaban J connectivity index is 1.55. The van der Waals surface area contributed by atoms with Crippen molar-refractivity contribution in [1.82, 2.24) is 5.32 Å². The molecular weight excluding hydrogens is 426 g/mol. The van der Waals surface area contributed by atoms with Gasteiger partial charge < -0.3 is 10.1 Å². The number of ether oxygens (including phenoxy) is 1. The van der Waals surface area contributed by atoms with Gasteiger partial charge in [-0.2, -0.15) is 0 Å². The van der Waals surface area contributed by atoms with Crippen LogP contribution in [0.15, 0.2) is 78.9 Å². The first-order valence-corrected chi connectivity index (χ1v) is 10.7. The van der Waals surface area contributed by atoms with Crippen molar-refractivity contribution in [3.8, 4) is 0 Å². The highest BCUT2D eigenvalue weighted by Crippen LogP contribution is 2.18. The van der Waals surface area contributed by atoms with Crippen LogP contribution in [0.25, 0.3) is 0 Å². The van der Waals surface area contributed by atoms with E-state index in [9.17, 15) is 14.4 Å². The molecule has 0 aromatic heterocycles. The summed E-state index contributed by atoms with van der Waals surface area (Å²) in [6.07, 6.45) is 1.60. The second-order valence-corrected chi connectivity index (χ2v) is 7.89. The highest BCUT2D eigenvalue weighted by molar-refractivity contribution is 6.30. The number of halogens is 1. The molecule has 164 valence electrons. The first-order chi connectivity index (χ1) is 15.4. The number of amides is 1. The van der Waals surface area contributed by atoms with E-state index >= 15 is 0 Å². The van der Waals surface area contributed by atoms with Crippen LogP contribution in [0.4, 0.5) is 0 Å². The fourth-order valence-corrected chi connectivity index (χ4v) is 3.37. The Hall–Kier alpha value is -3.44. The van der Waals surface area contributed by atoms with Crippen molar-refractivity contribution in [2.45, 2.75) is 25.8 Å². The molecule has 0 aliphatic heterocycles. The minimum atomic E-state index is -0.727. The van der Waals surface area contributed by atoms with Gasteiger partial charge >= 0.3 is 5.97 Å². The van der Waals surface area contributed by atoms with Crippen LogP contribution in [-0.2, 0) is 16.0 Å². The minimum Gasteiger partial charge on any atom is -0.452 e. The maximum absolute atomic E-state index is 12.8. The summed E-state index contributed by atoms with van der Waals surface area (Å²) in [4.78, 5) is 37.6. The highest BCUT2D eigenvalue weighted by Gasteiger charge is 2.20. The molecule has 1 amide bonds. The van der Waals surface area contributed by atoms with E-state index in [1.807, 2.05) is 37.3 Å². The molecule has 0 spiro atoms. The van der Waals surface area contributed by atoms with E-state index in [0.29, 0.717) is 10.6 Å². The van der Waals surface area contributed by atoms with Gasteiger partial charge in [-0.1, -0.05) is 60.1 Å². The topological polar surface area (TPSA) is 72.5 Å². The Kier molecular flexibility index (Phi) is 8.17. The van der Waals surface area contributed by atoms with Gasteiger partial charge in [0, 0.05) is 22.2 Å². The number of rotatable bonds is 9. The van der Waals surface area contributed by atoms with Gasteiger partial charge in [-0.3, -0.25) is 9.59 Å². The predicted octanol–water partition coefficient (Wildman–Crippen LogP) is 4.87. The fourth-order valence-electron chi connectivity index (χ4n) is 3.24. The summed E-state index contributed by atoms with van der Waals surface area (Å²) < 4.78 is 5.18. The van der Waals surface area contributed by atoms with Crippen LogP contribution < -0.4 is 5.32 Å². The van der Waals surface area contributed by atoms with Gasteiger partial charge in [0.1, 0.15) is 0 Å². The maximum atomic E-state index is 12.8. The second kappa shape index (κ2) is 11.3. The van der Waals surface area contributed by atoms with Crippen LogP contribution in [0.3, 0.4) is 0 Å². The molecule has 6 heteroatoms. The largest absolute Gasteiger partial charge is 0.452 e. The molecule has 3 rings (SSSR count). The van der Waals surface area contributed by atoms with Crippen molar-refractivity contribution < 1.29 is 19.1 Å². The van der Waals surface area contributed by atoms with Crippen molar-refractivity contribution in [2.24, 2.45) is 0 Å². The molecule has 32 heavy (non-hydrogen) atoms. The van der Waals surface area contributed by atoms with Crippen molar-refractivity contribution >= 4 is 29.3 Å². The van der Waals surface area contributed by atoms with Crippen molar-refractivity contribution in [3.05, 3.63) is 106 Å². The van der Waals surface area contributed by atoms with Crippen LogP contribution in [0.2, 0.25) is 5.02 Å². The lowest BCUT2D eigenvalue weighted by molar-refractivity contribution is -0.124. The number of nitrogens with one attached hydrogen (secondary N) is 1. The Bertz CT molecular complexity index is 1080. The molecule has 0 saturated carbocycles. The van der Waals surface area contributed by atoms with E-state index in [2.05, 4.69) is 5.32 Å². The molecule has 0 unspecified atom stereocenters. The molecule has 5 nitrogen and oxygen atoms in total. The van der Waals surface area contributed by atoms with Crippen molar-refractivity contribution in [2.75, 3.05) is 6.61 Å². The highest BCUT2D eigenvalue weighted by atomic mass is 35.5. The van der Waals surface area contributed by atoms with E-state index in [4.69, 9.17) is 16.3 Å². The quantitative estimate of drug-likeness (QED) is 0.374. The third kappa shape index (κ3) is 6.53. The first kappa shape index (κ1) is 23.2. The fraction of sp³-hybridized carbons (Fsp3) is 0.192. The molecule has 0 heterocycles. The van der Waals surface area contributed by atoms with Gasteiger partial charge in [0.2, 0.25) is 0 Å². The summed E-state index contributed by atoms with van der Waals surface area (Å²) in [6, 6.07) is 22.7. The summed E-state index contributed by atoms with van der Waals surface area (Å²) in [7, 11) is 0. The molecular formula is C26H24ClNO4. The number of carbonyl (C=O) groups excluding carboxylic acids is 3. The zero-order valence-electron chi connectivity index (χ0n) is 17.7. The summed E-state index contributed by atoms with van der Waals surface area (Å²) in [5.41, 5.74) is 1.91. The van der Waals surface area contributed by atoms with E-state index < -0.39 is 12.6 Å². The lowest BCUT2D eigenvalue weighted by Gasteiger charge is -2.14. The van der Waals surface area contributed by atoms with Crippen LogP contribution in [0.1, 0.15) is 45.2 Å². The summed E-state index contributed by atoms with van der Waals surface area (Å²) >= 11 is 5.88. The molecule has 0 radical (unpaired) electrons. The van der Waals surface area contributed by atoms with E-state index in [-0.39, 0.29) is 28.9 Å². The van der Waals surface area contributed by atoms with Crippen molar-refractivity contribution in [1.29, 1.82) is 0 Å². The number of carbonyl (C=O) groups is 3. The molecule has 3 aromatic carbocycles. The molecule has 1 N–H and O–H groups in total. The average Bonchev–Trinajstić information content (AvgIpc) is 2.82. The molecule has 0 saturated heterocycles. The van der Waals surface area contributed by atoms with Crippen LogP contribution in [-0.4, -0.2) is 30.3 Å². The average molecular weight is 450 g/mol. The molecule has 3 aromatic rings. The molecule has 0 bridgehead atoms. The first-order valence-electron chi connectivity index (χ1n) is 10.3. The number of hydrogen-bond donors (Lipinski definition) is 1. The molecule has 0 aliphatic carbocycles. The van der Waals surface area contributed by atoms with Crippen LogP contribution in [0, 0.1) is 0 Å². The van der Waals surface area contributed by atoms with E-state index in [1.54, 1.807) is 42.5 Å².